The Hall–Kier alpha value is -1.58. The smallest absolute Gasteiger partial charge is 0.231 e. The first-order valence-corrected chi connectivity index (χ1v) is 11.9. The van der Waals surface area contributed by atoms with Crippen molar-refractivity contribution in [2.45, 2.75) is 56.9 Å². The molecule has 2 atom stereocenters. The number of nitrogens with one attached hydrogen (secondary N) is 1. The largest absolute Gasteiger partial charge is 0.367 e. The van der Waals surface area contributed by atoms with E-state index in [0.717, 1.165) is 31.1 Å². The lowest BCUT2D eigenvalue weighted by Gasteiger charge is -2.22. The summed E-state index contributed by atoms with van der Waals surface area (Å²) in [5.41, 5.74) is 0.622. The summed E-state index contributed by atoms with van der Waals surface area (Å²) in [5.74, 6) is 0.386. The van der Waals surface area contributed by atoms with Crippen LogP contribution in [-0.2, 0) is 9.53 Å². The third-order valence-electron chi connectivity index (χ3n) is 5.66. The van der Waals surface area contributed by atoms with Crippen LogP contribution in [0.5, 0.6) is 0 Å². The fraction of sp³-hybridized carbons (Fsp3) is 0.667. The molecule has 2 fully saturated rings. The van der Waals surface area contributed by atoms with E-state index < -0.39 is 8.38 Å². The molecule has 10 nitrogen and oxygen atoms in total. The van der Waals surface area contributed by atoms with Crippen LogP contribution >= 0.6 is 20.0 Å². The molecule has 0 aromatic carbocycles. The molecule has 4 rings (SSSR count). The number of fused-ring (bicyclic) bond motifs is 1. The molecule has 0 radical (unpaired) electrons. The zero-order chi connectivity index (χ0) is 21.3. The molecule has 1 amide bonds. The van der Waals surface area contributed by atoms with Crippen LogP contribution in [0.2, 0.25) is 5.28 Å². The molecule has 164 valence electrons. The van der Waals surface area contributed by atoms with Gasteiger partial charge in [-0.1, -0.05) is 12.8 Å². The van der Waals surface area contributed by atoms with Gasteiger partial charge in [-0.05, 0) is 37.3 Å². The van der Waals surface area contributed by atoms with Crippen molar-refractivity contribution in [2.75, 3.05) is 25.1 Å². The van der Waals surface area contributed by atoms with Gasteiger partial charge in [-0.3, -0.25) is 4.79 Å². The summed E-state index contributed by atoms with van der Waals surface area (Å²) < 4.78 is 7.84. The van der Waals surface area contributed by atoms with Crippen LogP contribution in [0, 0.1) is 0 Å². The summed E-state index contributed by atoms with van der Waals surface area (Å²) in [5, 5.41) is 8.94. The van der Waals surface area contributed by atoms with Crippen molar-refractivity contribution in [3.05, 3.63) is 11.5 Å². The van der Waals surface area contributed by atoms with Gasteiger partial charge < -0.3 is 24.7 Å². The van der Waals surface area contributed by atoms with E-state index in [4.69, 9.17) is 26.1 Å². The molecule has 3 N–H and O–H groups in total. The first-order chi connectivity index (χ1) is 14.4. The van der Waals surface area contributed by atoms with Gasteiger partial charge in [0.25, 0.3) is 0 Å². The lowest BCUT2D eigenvalue weighted by molar-refractivity contribution is -0.129. The normalized spacial score (nSPS) is 22.3. The number of aromatic nitrogens is 4. The van der Waals surface area contributed by atoms with Gasteiger partial charge in [-0.15, -0.1) is 0 Å². The van der Waals surface area contributed by atoms with E-state index >= 15 is 0 Å². The van der Waals surface area contributed by atoms with Crippen molar-refractivity contribution < 1.29 is 19.3 Å². The number of hydrogen-bond acceptors (Lipinski definition) is 8. The molecule has 1 saturated carbocycles. The maximum absolute atomic E-state index is 12.0. The second-order valence-corrected chi connectivity index (χ2v) is 9.29. The number of nitrogens with zero attached hydrogens (tertiary/aromatic N) is 5. The number of amides is 1. The summed E-state index contributed by atoms with van der Waals surface area (Å²) in [6, 6.07) is 0.390. The highest BCUT2D eigenvalue weighted by atomic mass is 35.5. The third-order valence-corrected chi connectivity index (χ3v) is 6.38. The maximum atomic E-state index is 12.0. The van der Waals surface area contributed by atoms with Gasteiger partial charge in [-0.2, -0.15) is 15.1 Å². The lowest BCUT2D eigenvalue weighted by atomic mass is 10.2. The molecule has 2 unspecified atom stereocenters. The molecule has 2 aliphatic rings. The Morgan fingerprint density at radius 1 is 1.33 bits per heavy atom. The predicted octanol–water partition coefficient (Wildman–Crippen LogP) is 2.27. The second kappa shape index (κ2) is 9.28. The standard InChI is InChI=1S/C18H26ClN6O4P/c1-24(14(26)10-30(27)28)9-12-6-7-15(29-12)25-17-13(8-20-25)16(22-18(19)23-17)21-11-4-2-3-5-11/h8,11-12,15,27-28H,2-7,9-10H2,1H3,(H,21,22,23). The van der Waals surface area contributed by atoms with E-state index in [-0.39, 0.29) is 29.7 Å². The highest BCUT2D eigenvalue weighted by molar-refractivity contribution is 7.46. The van der Waals surface area contributed by atoms with Gasteiger partial charge in [0, 0.05) is 19.6 Å². The van der Waals surface area contributed by atoms with Crippen LogP contribution in [0.4, 0.5) is 5.82 Å². The first-order valence-electron chi connectivity index (χ1n) is 10.1. The molecule has 1 aliphatic carbocycles. The molecule has 0 bridgehead atoms. The summed E-state index contributed by atoms with van der Waals surface area (Å²) in [6.45, 7) is 0.377. The average Bonchev–Trinajstić information content (AvgIpc) is 3.41. The monoisotopic (exact) mass is 456 g/mol. The van der Waals surface area contributed by atoms with E-state index in [2.05, 4.69) is 20.4 Å². The summed E-state index contributed by atoms with van der Waals surface area (Å²) in [6.07, 6.45) is 7.13. The molecule has 2 aromatic heterocycles. The Balaban J connectivity index is 1.46. The molecule has 12 heteroatoms. The fourth-order valence-corrected chi connectivity index (χ4v) is 4.78. The van der Waals surface area contributed by atoms with Crippen LogP contribution in [0.3, 0.4) is 0 Å². The van der Waals surface area contributed by atoms with E-state index in [1.807, 2.05) is 0 Å². The number of carbonyl (C=O) groups excluding carboxylic acids is 1. The van der Waals surface area contributed by atoms with E-state index in [1.165, 1.54) is 17.7 Å². The number of halogens is 1. The van der Waals surface area contributed by atoms with Gasteiger partial charge >= 0.3 is 0 Å². The second-order valence-electron chi connectivity index (χ2n) is 7.89. The van der Waals surface area contributed by atoms with Crippen LogP contribution < -0.4 is 5.32 Å². The predicted molar refractivity (Wildman–Crippen MR) is 113 cm³/mol. The Labute approximate surface area is 180 Å². The summed E-state index contributed by atoms with van der Waals surface area (Å²) in [7, 11) is -0.605. The van der Waals surface area contributed by atoms with Gasteiger partial charge in [0.2, 0.25) is 11.2 Å². The van der Waals surface area contributed by atoms with Crippen LogP contribution in [0.1, 0.15) is 44.8 Å². The number of rotatable bonds is 7. The molecule has 1 aliphatic heterocycles. The average molecular weight is 457 g/mol. The van der Waals surface area contributed by atoms with Crippen molar-refractivity contribution in [2.24, 2.45) is 0 Å². The number of hydrogen-bond donors (Lipinski definition) is 3. The van der Waals surface area contributed by atoms with Gasteiger partial charge in [0.15, 0.2) is 20.3 Å². The Morgan fingerprint density at radius 2 is 2.10 bits per heavy atom. The maximum Gasteiger partial charge on any atom is 0.231 e. The van der Waals surface area contributed by atoms with Crippen molar-refractivity contribution in [1.29, 1.82) is 0 Å². The Kier molecular flexibility index (Phi) is 6.69. The third kappa shape index (κ3) is 4.84. The molecular formula is C18H26ClN6O4P. The summed E-state index contributed by atoms with van der Waals surface area (Å²) >= 11 is 6.19. The minimum atomic E-state index is -2.24. The lowest BCUT2D eigenvalue weighted by Crippen LogP contribution is -2.35. The molecule has 30 heavy (non-hydrogen) atoms. The van der Waals surface area contributed by atoms with E-state index in [9.17, 15) is 4.79 Å². The zero-order valence-electron chi connectivity index (χ0n) is 16.7. The molecular weight excluding hydrogens is 431 g/mol. The number of likely N-dealkylation sites (N-methyl/N-ethyl adjacent to an activating group) is 1. The number of anilines is 1. The first kappa shape index (κ1) is 21.6. The van der Waals surface area contributed by atoms with Crippen LogP contribution in [0.15, 0.2) is 6.20 Å². The molecule has 1 saturated heterocycles. The topological polar surface area (TPSA) is 126 Å². The molecule has 2 aromatic rings. The van der Waals surface area contributed by atoms with Crippen molar-refractivity contribution in [3.8, 4) is 0 Å². The van der Waals surface area contributed by atoms with Gasteiger partial charge in [0.05, 0.1) is 23.8 Å². The SMILES string of the molecule is CN(CC1CCC(n2ncc3c(NC4CCCC4)nc(Cl)nc32)O1)C(=O)CP(O)O. The van der Waals surface area contributed by atoms with Crippen molar-refractivity contribution >= 4 is 42.7 Å². The summed E-state index contributed by atoms with van der Waals surface area (Å²) in [4.78, 5) is 40.2. The van der Waals surface area contributed by atoms with Gasteiger partial charge in [-0.25, -0.2) is 4.68 Å². The number of carbonyl (C=O) groups is 1. The zero-order valence-corrected chi connectivity index (χ0v) is 18.4. The highest BCUT2D eigenvalue weighted by Gasteiger charge is 2.31. The minimum absolute atomic E-state index is 0.161. The van der Waals surface area contributed by atoms with Gasteiger partial charge in [0.1, 0.15) is 5.82 Å². The number of ether oxygens (including phenoxy) is 1. The van der Waals surface area contributed by atoms with E-state index in [0.29, 0.717) is 24.1 Å². The van der Waals surface area contributed by atoms with Crippen LogP contribution in [0.25, 0.3) is 11.0 Å². The highest BCUT2D eigenvalue weighted by Crippen LogP contribution is 2.33. The Bertz CT molecular complexity index is 906. The molecule has 3 heterocycles. The van der Waals surface area contributed by atoms with E-state index in [1.54, 1.807) is 17.9 Å². The Morgan fingerprint density at radius 3 is 2.83 bits per heavy atom. The van der Waals surface area contributed by atoms with Crippen LogP contribution in [-0.4, -0.2) is 72.2 Å². The fourth-order valence-electron chi connectivity index (χ4n) is 4.13. The minimum Gasteiger partial charge on any atom is -0.367 e. The van der Waals surface area contributed by atoms with Crippen molar-refractivity contribution in [1.82, 2.24) is 24.6 Å². The quantitative estimate of drug-likeness (QED) is 0.428. The molecule has 0 spiro atoms. The van der Waals surface area contributed by atoms with Crippen molar-refractivity contribution in [3.63, 3.8) is 0 Å².